The third kappa shape index (κ3) is 1.93. The first-order valence-electron chi connectivity index (χ1n) is 5.39. The molecule has 2 rings (SSSR count). The lowest BCUT2D eigenvalue weighted by molar-refractivity contribution is 0.601. The minimum absolute atomic E-state index is 0.123. The maximum atomic E-state index is 12.1. The van der Waals surface area contributed by atoms with Gasteiger partial charge in [0.1, 0.15) is 5.82 Å². The highest BCUT2D eigenvalue weighted by atomic mass is 35.5. The normalized spacial score (nSPS) is 15.1. The van der Waals surface area contributed by atoms with Crippen LogP contribution in [0.1, 0.15) is 29.9 Å². The van der Waals surface area contributed by atoms with E-state index in [9.17, 15) is 4.79 Å². The van der Waals surface area contributed by atoms with Gasteiger partial charge >= 0.3 is 0 Å². The molecule has 1 aliphatic rings. The molecule has 1 heterocycles. The van der Waals surface area contributed by atoms with Crippen molar-refractivity contribution in [2.75, 3.05) is 5.88 Å². The molecule has 1 aromatic heterocycles. The summed E-state index contributed by atoms with van der Waals surface area (Å²) >= 11 is 5.68. The summed E-state index contributed by atoms with van der Waals surface area (Å²) in [7, 11) is 0. The Morgan fingerprint density at radius 3 is 2.87 bits per heavy atom. The molecule has 0 spiro atoms. The highest BCUT2D eigenvalue weighted by molar-refractivity contribution is 6.17. The molecule has 0 unspecified atom stereocenters. The summed E-state index contributed by atoms with van der Waals surface area (Å²) in [6.45, 7) is 2.44. The summed E-state index contributed by atoms with van der Waals surface area (Å²) in [5, 5.41) is 0. The van der Waals surface area contributed by atoms with Crippen LogP contribution < -0.4 is 5.56 Å². The number of alkyl halides is 1. The smallest absolute Gasteiger partial charge is 0.256 e. The van der Waals surface area contributed by atoms with Crippen molar-refractivity contribution in [1.29, 1.82) is 0 Å². The largest absolute Gasteiger partial charge is 0.295 e. The molecule has 0 saturated heterocycles. The summed E-state index contributed by atoms with van der Waals surface area (Å²) in [6.07, 6.45) is 4.09. The van der Waals surface area contributed by atoms with Crippen LogP contribution in [0.2, 0.25) is 0 Å². The van der Waals surface area contributed by atoms with E-state index >= 15 is 0 Å². The topological polar surface area (TPSA) is 34.9 Å². The number of hydrogen-bond acceptors (Lipinski definition) is 2. The van der Waals surface area contributed by atoms with E-state index in [0.29, 0.717) is 12.4 Å². The molecular formula is C11H15ClN2O. The Morgan fingerprint density at radius 2 is 2.13 bits per heavy atom. The van der Waals surface area contributed by atoms with Gasteiger partial charge in [0.25, 0.3) is 5.56 Å². The van der Waals surface area contributed by atoms with E-state index in [-0.39, 0.29) is 5.56 Å². The van der Waals surface area contributed by atoms with E-state index in [1.165, 1.54) is 0 Å². The van der Waals surface area contributed by atoms with Gasteiger partial charge in [0.15, 0.2) is 0 Å². The lowest BCUT2D eigenvalue weighted by Crippen LogP contribution is -2.31. The zero-order valence-corrected chi connectivity index (χ0v) is 9.68. The Labute approximate surface area is 94.1 Å². The number of hydrogen-bond donors (Lipinski definition) is 0. The van der Waals surface area contributed by atoms with Gasteiger partial charge in [-0.15, -0.1) is 11.6 Å². The van der Waals surface area contributed by atoms with Crippen LogP contribution >= 0.6 is 11.6 Å². The maximum Gasteiger partial charge on any atom is 0.256 e. The van der Waals surface area contributed by atoms with E-state index < -0.39 is 0 Å². The highest BCUT2D eigenvalue weighted by Crippen LogP contribution is 2.16. The fourth-order valence-electron chi connectivity index (χ4n) is 2.16. The van der Waals surface area contributed by atoms with Crippen molar-refractivity contribution in [3.05, 3.63) is 27.4 Å². The molecule has 0 radical (unpaired) electrons. The number of nitrogens with zero attached hydrogens (tertiary/aromatic N) is 2. The van der Waals surface area contributed by atoms with Crippen LogP contribution in [-0.4, -0.2) is 15.4 Å². The molecule has 0 saturated carbocycles. The van der Waals surface area contributed by atoms with Crippen molar-refractivity contribution in [2.24, 2.45) is 0 Å². The summed E-state index contributed by atoms with van der Waals surface area (Å²) in [5.41, 5.74) is 2.05. The van der Waals surface area contributed by atoms with Gasteiger partial charge in [-0.1, -0.05) is 0 Å². The second kappa shape index (κ2) is 4.35. The van der Waals surface area contributed by atoms with E-state index in [2.05, 4.69) is 4.98 Å². The van der Waals surface area contributed by atoms with Gasteiger partial charge < -0.3 is 0 Å². The Bertz CT molecular complexity index is 425. The summed E-state index contributed by atoms with van der Waals surface area (Å²) in [5.74, 6) is 1.25. The van der Waals surface area contributed by atoms with Crippen molar-refractivity contribution in [3.63, 3.8) is 0 Å². The molecule has 82 valence electrons. The number of aryl methyl sites for hydroxylation is 2. The molecule has 1 aromatic rings. The summed E-state index contributed by atoms with van der Waals surface area (Å²) in [4.78, 5) is 16.6. The van der Waals surface area contributed by atoms with Crippen LogP contribution in [-0.2, 0) is 19.4 Å². The van der Waals surface area contributed by atoms with Gasteiger partial charge in [0.2, 0.25) is 0 Å². The first-order chi connectivity index (χ1) is 7.24. The Morgan fingerprint density at radius 1 is 1.40 bits per heavy atom. The standard InChI is InChI=1S/C11H15ClN2O/c1-8-13-10-5-3-2-4-9(10)11(15)14(8)7-6-12/h2-7H2,1H3. The van der Waals surface area contributed by atoms with Crippen LogP contribution in [0.25, 0.3) is 0 Å². The zero-order chi connectivity index (χ0) is 10.8. The molecule has 0 fully saturated rings. The van der Waals surface area contributed by atoms with Gasteiger partial charge in [0, 0.05) is 18.0 Å². The highest BCUT2D eigenvalue weighted by Gasteiger charge is 2.17. The van der Waals surface area contributed by atoms with Gasteiger partial charge in [-0.25, -0.2) is 4.98 Å². The molecule has 3 nitrogen and oxygen atoms in total. The fraction of sp³-hybridized carbons (Fsp3) is 0.636. The van der Waals surface area contributed by atoms with Crippen molar-refractivity contribution in [2.45, 2.75) is 39.2 Å². The predicted molar refractivity (Wildman–Crippen MR) is 60.6 cm³/mol. The zero-order valence-electron chi connectivity index (χ0n) is 8.92. The molecule has 0 bridgehead atoms. The second-order valence-corrected chi connectivity index (χ2v) is 4.32. The summed E-state index contributed by atoms with van der Waals surface area (Å²) < 4.78 is 1.69. The van der Waals surface area contributed by atoms with Crippen molar-refractivity contribution in [3.8, 4) is 0 Å². The second-order valence-electron chi connectivity index (χ2n) is 3.94. The minimum Gasteiger partial charge on any atom is -0.295 e. The quantitative estimate of drug-likeness (QED) is 0.719. The first-order valence-corrected chi connectivity index (χ1v) is 5.92. The van der Waals surface area contributed by atoms with Crippen LogP contribution in [0, 0.1) is 6.92 Å². The van der Waals surface area contributed by atoms with Gasteiger partial charge in [-0.2, -0.15) is 0 Å². The number of rotatable bonds is 2. The number of halogens is 1. The van der Waals surface area contributed by atoms with Crippen LogP contribution in [0.15, 0.2) is 4.79 Å². The average molecular weight is 227 g/mol. The summed E-state index contributed by atoms with van der Waals surface area (Å²) in [6, 6.07) is 0. The van der Waals surface area contributed by atoms with E-state index in [4.69, 9.17) is 11.6 Å². The maximum absolute atomic E-state index is 12.1. The average Bonchev–Trinajstić information content (AvgIpc) is 2.24. The van der Waals surface area contributed by atoms with Gasteiger partial charge in [-0.05, 0) is 32.6 Å². The predicted octanol–water partition coefficient (Wildman–Crippen LogP) is 1.67. The third-order valence-electron chi connectivity index (χ3n) is 2.94. The lowest BCUT2D eigenvalue weighted by atomic mass is 9.97. The molecule has 1 aliphatic carbocycles. The molecule has 0 atom stereocenters. The van der Waals surface area contributed by atoms with Crippen molar-refractivity contribution >= 4 is 11.6 Å². The lowest BCUT2D eigenvalue weighted by Gasteiger charge is -2.17. The molecule has 15 heavy (non-hydrogen) atoms. The van der Waals surface area contributed by atoms with E-state index in [1.54, 1.807) is 4.57 Å². The van der Waals surface area contributed by atoms with Crippen molar-refractivity contribution < 1.29 is 0 Å². The molecular weight excluding hydrogens is 212 g/mol. The Kier molecular flexibility index (Phi) is 3.10. The van der Waals surface area contributed by atoms with Crippen LogP contribution in [0.3, 0.4) is 0 Å². The van der Waals surface area contributed by atoms with Gasteiger partial charge in [-0.3, -0.25) is 9.36 Å². The minimum atomic E-state index is 0.123. The monoisotopic (exact) mass is 226 g/mol. The molecule has 0 aromatic carbocycles. The molecule has 0 amide bonds. The SMILES string of the molecule is Cc1nc2c(c(=O)n1CCCl)CCCC2. The Hall–Kier alpha value is -0.830. The van der Waals surface area contributed by atoms with E-state index in [1.807, 2.05) is 6.92 Å². The third-order valence-corrected chi connectivity index (χ3v) is 3.11. The molecule has 0 N–H and O–H groups in total. The Balaban J connectivity index is 2.54. The number of aromatic nitrogens is 2. The molecule has 0 aliphatic heterocycles. The van der Waals surface area contributed by atoms with Gasteiger partial charge in [0.05, 0.1) is 5.69 Å². The molecule has 4 heteroatoms. The van der Waals surface area contributed by atoms with Crippen molar-refractivity contribution in [1.82, 2.24) is 9.55 Å². The van der Waals surface area contributed by atoms with Crippen LogP contribution in [0.4, 0.5) is 0 Å². The first kappa shape index (κ1) is 10.7. The van der Waals surface area contributed by atoms with Crippen LogP contribution in [0.5, 0.6) is 0 Å². The van der Waals surface area contributed by atoms with E-state index in [0.717, 1.165) is 42.8 Å². The fourth-order valence-corrected chi connectivity index (χ4v) is 2.33. The number of fused-ring (bicyclic) bond motifs is 1.